The molecule has 0 radical (unpaired) electrons. The van der Waals surface area contributed by atoms with Gasteiger partial charge in [-0.05, 0) is 24.3 Å². The van der Waals surface area contributed by atoms with E-state index in [1.54, 1.807) is 4.52 Å². The Morgan fingerprint density at radius 1 is 1.22 bits per heavy atom. The summed E-state index contributed by atoms with van der Waals surface area (Å²) in [6.07, 6.45) is 7.24. The van der Waals surface area contributed by atoms with Crippen LogP contribution in [0.15, 0.2) is 41.5 Å². The molecule has 2 aromatic rings. The molecule has 1 aliphatic heterocycles. The number of likely N-dealkylation sites (N-methyl/N-ethyl adjacent to an activating group) is 1. The number of aliphatic imine (C=N–C) groups is 1. The zero-order valence-electron chi connectivity index (χ0n) is 15.5. The number of fused-ring (bicyclic) bond motifs is 1. The van der Waals surface area contributed by atoms with Gasteiger partial charge in [-0.1, -0.05) is 6.07 Å². The van der Waals surface area contributed by atoms with E-state index in [2.05, 4.69) is 22.5 Å². The molecule has 4 rings (SSSR count). The Kier molecular flexibility index (Phi) is 4.61. The molecule has 0 spiro atoms. The normalized spacial score (nSPS) is 20.7. The highest BCUT2D eigenvalue weighted by Gasteiger charge is 2.26. The van der Waals surface area contributed by atoms with Crippen molar-refractivity contribution < 1.29 is 14.1 Å². The number of aromatic nitrogens is 2. The molecular formula is C20H24N5O2+. The average molecular weight is 366 g/mol. The lowest BCUT2D eigenvalue weighted by atomic mass is 10.0. The van der Waals surface area contributed by atoms with Crippen LogP contribution in [0.3, 0.4) is 0 Å². The van der Waals surface area contributed by atoms with Gasteiger partial charge in [0, 0.05) is 19.0 Å². The summed E-state index contributed by atoms with van der Waals surface area (Å²) in [6.45, 7) is 4.25. The van der Waals surface area contributed by atoms with E-state index in [1.807, 2.05) is 24.4 Å². The van der Waals surface area contributed by atoms with Crippen LogP contribution < -0.4 is 5.32 Å². The van der Waals surface area contributed by atoms with Crippen LogP contribution in [-0.4, -0.2) is 64.6 Å². The summed E-state index contributed by atoms with van der Waals surface area (Å²) in [5.41, 5.74) is 1.77. The van der Waals surface area contributed by atoms with E-state index in [0.29, 0.717) is 17.2 Å². The van der Waals surface area contributed by atoms with Crippen LogP contribution in [0, 0.1) is 0 Å². The zero-order valence-corrected chi connectivity index (χ0v) is 15.5. The molecule has 1 aliphatic carbocycles. The molecule has 0 amide bonds. The molecule has 0 bridgehead atoms. The number of anilines is 1. The molecule has 3 heterocycles. The number of Topliss-reactive ketones (excluding diaryl/α,β-unsaturated/α-hetero) is 1. The van der Waals surface area contributed by atoms with Gasteiger partial charge in [-0.2, -0.15) is 0 Å². The number of carbonyl (C=O) groups excluding carboxylic acids is 2. The van der Waals surface area contributed by atoms with E-state index in [0.717, 1.165) is 23.1 Å². The second-order valence-electron chi connectivity index (χ2n) is 7.55. The molecule has 7 nitrogen and oxygen atoms in total. The summed E-state index contributed by atoms with van der Waals surface area (Å²) >= 11 is 0. The molecular weight excluding hydrogens is 342 g/mol. The fraction of sp³-hybridized carbons (Fsp3) is 0.400. The molecule has 0 atom stereocenters. The highest BCUT2D eigenvalue weighted by Crippen LogP contribution is 2.30. The first-order valence-electron chi connectivity index (χ1n) is 9.42. The van der Waals surface area contributed by atoms with Crippen molar-refractivity contribution >= 4 is 34.3 Å². The molecule has 7 heteroatoms. The molecule has 0 saturated carbocycles. The van der Waals surface area contributed by atoms with Crippen molar-refractivity contribution in [2.24, 2.45) is 4.99 Å². The van der Waals surface area contributed by atoms with Crippen molar-refractivity contribution in [2.45, 2.75) is 19.3 Å². The van der Waals surface area contributed by atoms with Gasteiger partial charge in [0.15, 0.2) is 17.4 Å². The van der Waals surface area contributed by atoms with Gasteiger partial charge in [-0.15, -0.1) is 5.10 Å². The van der Waals surface area contributed by atoms with Crippen LogP contribution in [0.25, 0.3) is 5.52 Å². The third-order valence-corrected chi connectivity index (χ3v) is 5.38. The van der Waals surface area contributed by atoms with Crippen molar-refractivity contribution in [3.05, 3.63) is 36.5 Å². The molecule has 2 aromatic heterocycles. The number of nitrogens with zero attached hydrogens (tertiary/aromatic N) is 4. The predicted molar refractivity (Wildman–Crippen MR) is 105 cm³/mol. The van der Waals surface area contributed by atoms with Crippen molar-refractivity contribution in [3.8, 4) is 0 Å². The Morgan fingerprint density at radius 2 is 2.04 bits per heavy atom. The van der Waals surface area contributed by atoms with Crippen LogP contribution in [0.1, 0.15) is 19.3 Å². The lowest BCUT2D eigenvalue weighted by Gasteiger charge is -2.29. The Labute approximate surface area is 158 Å². The largest absolute Gasteiger partial charge is 0.361 e. The highest BCUT2D eigenvalue weighted by atomic mass is 16.1. The van der Waals surface area contributed by atoms with E-state index in [4.69, 9.17) is 0 Å². The fourth-order valence-corrected chi connectivity index (χ4v) is 3.77. The van der Waals surface area contributed by atoms with Crippen LogP contribution >= 0.6 is 0 Å². The third kappa shape index (κ3) is 3.68. The van der Waals surface area contributed by atoms with Gasteiger partial charge < -0.3 is 9.80 Å². The van der Waals surface area contributed by atoms with Crippen LogP contribution in [-0.2, 0) is 9.59 Å². The summed E-state index contributed by atoms with van der Waals surface area (Å²) in [5, 5.41) is 8.01. The second kappa shape index (κ2) is 7.08. The minimum Gasteiger partial charge on any atom is -0.361 e. The Hall–Kier alpha value is -2.80. The molecule has 0 aromatic carbocycles. The molecule has 2 aliphatic rings. The minimum absolute atomic E-state index is 0.118. The van der Waals surface area contributed by atoms with Gasteiger partial charge in [0.05, 0.1) is 45.2 Å². The smallest absolute Gasteiger partial charge is 0.188 e. The zero-order chi connectivity index (χ0) is 18.9. The maximum atomic E-state index is 12.2. The first-order valence-corrected chi connectivity index (χ1v) is 9.42. The third-order valence-electron chi connectivity index (χ3n) is 5.38. The topological polar surface area (TPSA) is 75.8 Å². The molecule has 27 heavy (non-hydrogen) atoms. The molecule has 0 unspecified atom stereocenters. The number of ketones is 2. The van der Waals surface area contributed by atoms with Crippen LogP contribution in [0.2, 0.25) is 0 Å². The first-order chi connectivity index (χ1) is 13.0. The number of nitrogens with one attached hydrogen (secondary N) is 1. The summed E-state index contributed by atoms with van der Waals surface area (Å²) < 4.78 is 2.84. The van der Waals surface area contributed by atoms with Gasteiger partial charge in [0.25, 0.3) is 0 Å². The molecule has 1 saturated heterocycles. The number of hydrogen-bond acceptors (Lipinski definition) is 5. The molecule has 140 valence electrons. The lowest BCUT2D eigenvalue weighted by molar-refractivity contribution is -0.895. The highest BCUT2D eigenvalue weighted by molar-refractivity contribution is 6.50. The van der Waals surface area contributed by atoms with E-state index < -0.39 is 0 Å². The standard InChI is InChI=1S/C20H24N5O2/c1-25(11-4-5-12-25)13-9-21-20-19(17-6-2-3-10-24(17)23-20)22-16-8-7-15(26)14-18(16)27/h2-3,6-8,10H,4-5,9,11-14H2,1H3,(H,21,23)/q+1. The van der Waals surface area contributed by atoms with Crippen LogP contribution in [0.4, 0.5) is 11.5 Å². The van der Waals surface area contributed by atoms with E-state index >= 15 is 0 Å². The van der Waals surface area contributed by atoms with E-state index in [-0.39, 0.29) is 18.0 Å². The second-order valence-corrected chi connectivity index (χ2v) is 7.55. The van der Waals surface area contributed by atoms with Gasteiger partial charge in [-0.25, -0.2) is 9.51 Å². The lowest BCUT2D eigenvalue weighted by Crippen LogP contribution is -2.44. The number of pyridine rings is 1. The van der Waals surface area contributed by atoms with Crippen molar-refractivity contribution in [2.75, 3.05) is 38.5 Å². The predicted octanol–water partition coefficient (Wildman–Crippen LogP) is 2.16. The minimum atomic E-state index is -0.251. The number of carbonyl (C=O) groups is 2. The molecule has 1 N–H and O–H groups in total. The van der Waals surface area contributed by atoms with Gasteiger partial charge in [-0.3, -0.25) is 9.59 Å². The van der Waals surface area contributed by atoms with Gasteiger partial charge >= 0.3 is 0 Å². The van der Waals surface area contributed by atoms with Gasteiger partial charge in [0.1, 0.15) is 11.4 Å². The Bertz CT molecular complexity index is 950. The SMILES string of the molecule is C[N+]1(CCNc2nn3ccccc3c2N=C2C=CC(=O)CC2=O)CCCC1. The van der Waals surface area contributed by atoms with E-state index in [1.165, 1.54) is 38.1 Å². The summed E-state index contributed by atoms with van der Waals surface area (Å²) in [6, 6.07) is 5.75. The maximum Gasteiger partial charge on any atom is 0.188 e. The van der Waals surface area contributed by atoms with Crippen molar-refractivity contribution in [3.63, 3.8) is 0 Å². The fourth-order valence-electron chi connectivity index (χ4n) is 3.77. The Morgan fingerprint density at radius 3 is 2.81 bits per heavy atom. The first kappa shape index (κ1) is 17.6. The Balaban J connectivity index is 1.62. The van der Waals surface area contributed by atoms with Crippen LogP contribution in [0.5, 0.6) is 0 Å². The monoisotopic (exact) mass is 366 g/mol. The van der Waals surface area contributed by atoms with Crippen molar-refractivity contribution in [1.82, 2.24) is 9.61 Å². The summed E-state index contributed by atoms with van der Waals surface area (Å²) in [7, 11) is 2.29. The average Bonchev–Trinajstić information content (AvgIpc) is 3.22. The number of allylic oxidation sites excluding steroid dienone is 2. The summed E-state index contributed by atoms with van der Waals surface area (Å²) in [4.78, 5) is 28.1. The molecule has 1 fully saturated rings. The van der Waals surface area contributed by atoms with Crippen molar-refractivity contribution in [1.29, 1.82) is 0 Å². The summed E-state index contributed by atoms with van der Waals surface area (Å²) in [5.74, 6) is 0.233. The maximum absolute atomic E-state index is 12.2. The number of quaternary nitrogens is 1. The van der Waals surface area contributed by atoms with E-state index in [9.17, 15) is 9.59 Å². The quantitative estimate of drug-likeness (QED) is 0.650. The number of hydrogen-bond donors (Lipinski definition) is 1. The number of rotatable bonds is 5. The van der Waals surface area contributed by atoms with Gasteiger partial charge in [0.2, 0.25) is 0 Å². The number of likely N-dealkylation sites (tertiary alicyclic amines) is 1.